The maximum Gasteiger partial charge on any atom is 0.0572 e. The van der Waals surface area contributed by atoms with Crippen LogP contribution in [-0.4, -0.2) is 9.55 Å². The van der Waals surface area contributed by atoms with Gasteiger partial charge in [0, 0.05) is 33.3 Å². The van der Waals surface area contributed by atoms with E-state index in [1.54, 1.807) is 0 Å². The second-order valence-electron chi connectivity index (χ2n) is 7.80. The molecule has 0 fully saturated rings. The number of hydrogen-bond donors (Lipinski definition) is 0. The number of para-hydroxylation sites is 1. The van der Waals surface area contributed by atoms with Gasteiger partial charge in [0.15, 0.2) is 0 Å². The third kappa shape index (κ3) is 2.00. The molecule has 0 aliphatic rings. The second kappa shape index (κ2) is 5.80. The topological polar surface area (TPSA) is 17.8 Å². The van der Waals surface area contributed by atoms with Crippen molar-refractivity contribution in [3.63, 3.8) is 0 Å². The van der Waals surface area contributed by atoms with Crippen LogP contribution in [0.2, 0.25) is 0 Å². The van der Waals surface area contributed by atoms with Gasteiger partial charge in [0.2, 0.25) is 0 Å². The highest BCUT2D eigenvalue weighted by molar-refractivity contribution is 9.10. The van der Waals surface area contributed by atoms with Crippen LogP contribution in [0.4, 0.5) is 0 Å². The summed E-state index contributed by atoms with van der Waals surface area (Å²) >= 11 is 3.75. The molecule has 7 rings (SSSR count). The molecule has 30 heavy (non-hydrogen) atoms. The van der Waals surface area contributed by atoms with Crippen molar-refractivity contribution in [2.75, 3.05) is 0 Å². The van der Waals surface area contributed by atoms with Crippen molar-refractivity contribution in [3.05, 3.63) is 95.7 Å². The van der Waals surface area contributed by atoms with Crippen LogP contribution in [0.1, 0.15) is 0 Å². The van der Waals surface area contributed by atoms with Crippen LogP contribution in [0.3, 0.4) is 0 Å². The van der Waals surface area contributed by atoms with E-state index >= 15 is 0 Å². The van der Waals surface area contributed by atoms with Gasteiger partial charge in [0.25, 0.3) is 0 Å². The summed E-state index contributed by atoms with van der Waals surface area (Å²) in [6.45, 7) is 0. The molecule has 0 radical (unpaired) electrons. The first-order valence-corrected chi connectivity index (χ1v) is 10.8. The summed E-state index contributed by atoms with van der Waals surface area (Å²) in [6.07, 6.45) is 3.89. The van der Waals surface area contributed by atoms with Gasteiger partial charge in [-0.1, -0.05) is 64.5 Å². The van der Waals surface area contributed by atoms with Crippen LogP contribution in [-0.2, 0) is 0 Å². The van der Waals surface area contributed by atoms with Gasteiger partial charge in [-0.15, -0.1) is 0 Å². The summed E-state index contributed by atoms with van der Waals surface area (Å²) in [7, 11) is 0. The summed E-state index contributed by atoms with van der Waals surface area (Å²) in [5.74, 6) is 0. The first kappa shape index (κ1) is 16.4. The van der Waals surface area contributed by atoms with E-state index in [0.29, 0.717) is 0 Å². The van der Waals surface area contributed by atoms with E-state index in [-0.39, 0.29) is 0 Å². The van der Waals surface area contributed by atoms with Crippen molar-refractivity contribution in [3.8, 4) is 5.69 Å². The van der Waals surface area contributed by atoms with Crippen LogP contribution in [0.15, 0.2) is 95.7 Å². The summed E-state index contributed by atoms with van der Waals surface area (Å²) in [5.41, 5.74) is 3.57. The minimum absolute atomic E-state index is 1.14. The minimum atomic E-state index is 1.14. The molecule has 0 aliphatic heterocycles. The highest BCUT2D eigenvalue weighted by atomic mass is 79.9. The van der Waals surface area contributed by atoms with Crippen LogP contribution < -0.4 is 0 Å². The van der Waals surface area contributed by atoms with Crippen LogP contribution in [0.25, 0.3) is 59.8 Å². The molecule has 0 spiro atoms. The van der Waals surface area contributed by atoms with E-state index in [1.165, 1.54) is 59.8 Å². The molecule has 0 atom stereocenters. The first-order valence-electron chi connectivity index (χ1n) is 10.0. The van der Waals surface area contributed by atoms with E-state index in [0.717, 1.165) is 4.47 Å². The Balaban J connectivity index is 1.80. The maximum atomic E-state index is 4.47. The third-order valence-corrected chi connectivity index (χ3v) is 6.96. The van der Waals surface area contributed by atoms with Gasteiger partial charge in [0.1, 0.15) is 0 Å². The van der Waals surface area contributed by atoms with E-state index in [2.05, 4.69) is 104 Å². The van der Waals surface area contributed by atoms with E-state index < -0.39 is 0 Å². The lowest BCUT2D eigenvalue weighted by Gasteiger charge is -2.14. The number of rotatable bonds is 1. The van der Waals surface area contributed by atoms with Gasteiger partial charge < -0.3 is 4.57 Å². The van der Waals surface area contributed by atoms with Crippen LogP contribution >= 0.6 is 15.9 Å². The number of fused-ring (bicyclic) bond motifs is 4. The molecule has 0 N–H and O–H groups in total. The third-order valence-electron chi connectivity index (χ3n) is 6.27. The number of halogens is 1. The predicted octanol–water partition coefficient (Wildman–Crippen LogP) is 7.84. The van der Waals surface area contributed by atoms with Crippen molar-refractivity contribution in [1.29, 1.82) is 0 Å². The fourth-order valence-electron chi connectivity index (χ4n) is 5.04. The van der Waals surface area contributed by atoms with E-state index in [4.69, 9.17) is 0 Å². The molecule has 0 amide bonds. The molecule has 0 unspecified atom stereocenters. The van der Waals surface area contributed by atoms with Crippen molar-refractivity contribution in [2.24, 2.45) is 0 Å². The number of benzene rings is 5. The molecule has 0 bridgehead atoms. The summed E-state index contributed by atoms with van der Waals surface area (Å²) in [4.78, 5) is 4.47. The number of hydrogen-bond acceptors (Lipinski definition) is 1. The fraction of sp³-hybridized carbons (Fsp3) is 0. The molecule has 2 aromatic heterocycles. The molecule has 5 aromatic carbocycles. The molecule has 2 heterocycles. The monoisotopic (exact) mass is 446 g/mol. The molecular formula is C27H15BrN2. The lowest BCUT2D eigenvalue weighted by Crippen LogP contribution is -1.93. The van der Waals surface area contributed by atoms with Gasteiger partial charge in [0.05, 0.1) is 11.0 Å². The Morgan fingerprint density at radius 3 is 2.30 bits per heavy atom. The minimum Gasteiger partial charge on any atom is -0.309 e. The maximum absolute atomic E-state index is 4.47. The zero-order valence-corrected chi connectivity index (χ0v) is 17.5. The smallest absolute Gasteiger partial charge is 0.0572 e. The Morgan fingerprint density at radius 2 is 1.40 bits per heavy atom. The lowest BCUT2D eigenvalue weighted by atomic mass is 9.92. The molecule has 140 valence electrons. The molecule has 0 aliphatic carbocycles. The van der Waals surface area contributed by atoms with Crippen LogP contribution in [0.5, 0.6) is 0 Å². The zero-order valence-electron chi connectivity index (χ0n) is 15.9. The predicted molar refractivity (Wildman–Crippen MR) is 130 cm³/mol. The highest BCUT2D eigenvalue weighted by Gasteiger charge is 2.18. The normalized spacial score (nSPS) is 12.2. The Kier molecular flexibility index (Phi) is 3.17. The SMILES string of the molecule is Brc1ccc2ccc3c4c(ccc1c24)cc1c3c2cnccc2n1-c1ccccc1. The summed E-state index contributed by atoms with van der Waals surface area (Å²) in [6, 6.07) is 28.4. The van der Waals surface area contributed by atoms with Crippen molar-refractivity contribution >= 4 is 70.1 Å². The molecule has 0 saturated carbocycles. The van der Waals surface area contributed by atoms with E-state index in [9.17, 15) is 0 Å². The zero-order chi connectivity index (χ0) is 19.8. The Hall–Kier alpha value is -3.43. The number of aromatic nitrogens is 2. The van der Waals surface area contributed by atoms with Gasteiger partial charge >= 0.3 is 0 Å². The van der Waals surface area contributed by atoms with Gasteiger partial charge in [-0.3, -0.25) is 4.98 Å². The average Bonchev–Trinajstić information content (AvgIpc) is 3.13. The van der Waals surface area contributed by atoms with Crippen molar-refractivity contribution < 1.29 is 0 Å². The average molecular weight is 447 g/mol. The van der Waals surface area contributed by atoms with Gasteiger partial charge in [-0.2, -0.15) is 0 Å². The van der Waals surface area contributed by atoms with Gasteiger partial charge in [-0.05, 0) is 62.6 Å². The molecule has 3 heteroatoms. The fourth-order valence-corrected chi connectivity index (χ4v) is 5.51. The Bertz CT molecular complexity index is 1750. The lowest BCUT2D eigenvalue weighted by molar-refractivity contribution is 1.18. The summed E-state index contributed by atoms with van der Waals surface area (Å²) in [5, 5.41) is 10.2. The molecule has 2 nitrogen and oxygen atoms in total. The first-order chi connectivity index (χ1) is 14.8. The number of pyridine rings is 1. The van der Waals surface area contributed by atoms with Gasteiger partial charge in [-0.25, -0.2) is 0 Å². The molecular weight excluding hydrogens is 432 g/mol. The highest BCUT2D eigenvalue weighted by Crippen LogP contribution is 2.43. The summed E-state index contributed by atoms with van der Waals surface area (Å²) < 4.78 is 3.49. The molecule has 0 saturated heterocycles. The molecule has 7 aromatic rings. The quantitative estimate of drug-likeness (QED) is 0.235. The van der Waals surface area contributed by atoms with Crippen LogP contribution in [0, 0.1) is 0 Å². The Labute approximate surface area is 180 Å². The standard InChI is InChI=1S/C27H15BrN2/c28-22-11-8-16-6-10-20-26-17(7-9-19(22)25(16)26)14-24-27(20)21-15-29-13-12-23(21)30(24)18-4-2-1-3-5-18/h1-15H. The number of nitrogens with zero attached hydrogens (tertiary/aromatic N) is 2. The van der Waals surface area contributed by atoms with Crippen molar-refractivity contribution in [1.82, 2.24) is 9.55 Å². The van der Waals surface area contributed by atoms with E-state index in [1.807, 2.05) is 12.4 Å². The second-order valence-corrected chi connectivity index (χ2v) is 8.66. The Morgan fingerprint density at radius 1 is 0.633 bits per heavy atom. The largest absolute Gasteiger partial charge is 0.309 e. The van der Waals surface area contributed by atoms with Crippen molar-refractivity contribution in [2.45, 2.75) is 0 Å².